The lowest BCUT2D eigenvalue weighted by Gasteiger charge is -2.09. The topological polar surface area (TPSA) is 76.2 Å². The number of pyridine rings is 1. The normalized spacial score (nSPS) is 10.8. The average molecular weight is 251 g/mol. The van der Waals surface area contributed by atoms with Gasteiger partial charge in [-0.1, -0.05) is 11.6 Å². The van der Waals surface area contributed by atoms with Crippen LogP contribution in [-0.4, -0.2) is 16.1 Å². The van der Waals surface area contributed by atoms with Crippen molar-refractivity contribution in [3.05, 3.63) is 34.0 Å². The molecule has 0 bridgehead atoms. The van der Waals surface area contributed by atoms with Gasteiger partial charge in [-0.3, -0.25) is 4.98 Å². The zero-order chi connectivity index (χ0) is 12.7. The summed E-state index contributed by atoms with van der Waals surface area (Å²) in [5, 5.41) is 9.90. The zero-order valence-corrected chi connectivity index (χ0v) is 10.2. The first-order valence-electron chi connectivity index (χ1n) is 5.01. The summed E-state index contributed by atoms with van der Waals surface area (Å²) in [6.07, 6.45) is 0. The second-order valence-corrected chi connectivity index (χ2v) is 4.30. The van der Waals surface area contributed by atoms with Crippen LogP contribution >= 0.6 is 11.6 Å². The molecule has 0 atom stereocenters. The molecular weight excluding hydrogens is 240 g/mol. The molecule has 1 heterocycles. The number of fused-ring (bicyclic) bond motifs is 1. The number of hydrogen-bond acceptors (Lipinski definition) is 3. The highest BCUT2D eigenvalue weighted by molar-refractivity contribution is 6.38. The third kappa shape index (κ3) is 1.80. The number of rotatable bonds is 1. The van der Waals surface area contributed by atoms with Crippen molar-refractivity contribution in [2.45, 2.75) is 13.8 Å². The summed E-state index contributed by atoms with van der Waals surface area (Å²) in [4.78, 5) is 15.3. The van der Waals surface area contributed by atoms with Gasteiger partial charge in [0.2, 0.25) is 0 Å². The largest absolute Gasteiger partial charge is 0.478 e. The Morgan fingerprint density at radius 1 is 1.41 bits per heavy atom. The van der Waals surface area contributed by atoms with Crippen molar-refractivity contribution in [3.63, 3.8) is 0 Å². The molecule has 4 nitrogen and oxygen atoms in total. The molecule has 1 aromatic heterocycles. The standard InChI is InChI=1S/C12H11ClN2O2/c1-5-3-7-4-8(12(16)17)10(14)9(13)11(7)15-6(5)2/h3-4H,14H2,1-2H3,(H,16,17). The van der Waals surface area contributed by atoms with E-state index < -0.39 is 5.97 Å². The fourth-order valence-corrected chi connectivity index (χ4v) is 1.92. The summed E-state index contributed by atoms with van der Waals surface area (Å²) in [5.41, 5.74) is 8.12. The lowest BCUT2D eigenvalue weighted by atomic mass is 10.1. The van der Waals surface area contributed by atoms with Crippen molar-refractivity contribution >= 4 is 34.2 Å². The summed E-state index contributed by atoms with van der Waals surface area (Å²) in [6, 6.07) is 3.35. The van der Waals surface area contributed by atoms with Crippen LogP contribution in [-0.2, 0) is 0 Å². The van der Waals surface area contributed by atoms with Crippen LogP contribution in [0.4, 0.5) is 5.69 Å². The third-order valence-electron chi connectivity index (χ3n) is 2.76. The van der Waals surface area contributed by atoms with Gasteiger partial charge in [0.15, 0.2) is 0 Å². The molecule has 0 aliphatic rings. The van der Waals surface area contributed by atoms with Gasteiger partial charge in [0.25, 0.3) is 0 Å². The van der Waals surface area contributed by atoms with E-state index in [2.05, 4.69) is 4.98 Å². The van der Waals surface area contributed by atoms with E-state index in [0.717, 1.165) is 11.3 Å². The number of nitrogen functional groups attached to an aromatic ring is 1. The molecule has 0 saturated carbocycles. The lowest BCUT2D eigenvalue weighted by molar-refractivity contribution is 0.0698. The first-order valence-corrected chi connectivity index (χ1v) is 5.39. The molecule has 5 heteroatoms. The van der Waals surface area contributed by atoms with Gasteiger partial charge in [-0.15, -0.1) is 0 Å². The monoisotopic (exact) mass is 250 g/mol. The van der Waals surface area contributed by atoms with E-state index in [-0.39, 0.29) is 16.3 Å². The molecule has 0 saturated heterocycles. The fraction of sp³-hybridized carbons (Fsp3) is 0.167. The number of aromatic nitrogens is 1. The highest BCUT2D eigenvalue weighted by Gasteiger charge is 2.15. The maximum atomic E-state index is 11.0. The molecule has 0 amide bonds. The molecule has 17 heavy (non-hydrogen) atoms. The Hall–Kier alpha value is -1.81. The van der Waals surface area contributed by atoms with Gasteiger partial charge in [0.05, 0.1) is 21.8 Å². The van der Waals surface area contributed by atoms with E-state index in [9.17, 15) is 4.79 Å². The molecule has 0 unspecified atom stereocenters. The lowest BCUT2D eigenvalue weighted by Crippen LogP contribution is -2.04. The first kappa shape index (κ1) is 11.7. The van der Waals surface area contributed by atoms with E-state index >= 15 is 0 Å². The van der Waals surface area contributed by atoms with E-state index in [1.54, 1.807) is 0 Å². The Labute approximate surface area is 103 Å². The van der Waals surface area contributed by atoms with E-state index in [1.165, 1.54) is 6.07 Å². The molecule has 88 valence electrons. The van der Waals surface area contributed by atoms with Gasteiger partial charge in [-0.05, 0) is 31.5 Å². The highest BCUT2D eigenvalue weighted by Crippen LogP contribution is 2.32. The van der Waals surface area contributed by atoms with Crippen molar-refractivity contribution < 1.29 is 9.90 Å². The van der Waals surface area contributed by atoms with Crippen LogP contribution < -0.4 is 5.73 Å². The summed E-state index contributed by atoms with van der Waals surface area (Å²) >= 11 is 6.05. The van der Waals surface area contributed by atoms with Crippen LogP contribution in [0, 0.1) is 13.8 Å². The maximum absolute atomic E-state index is 11.0. The van der Waals surface area contributed by atoms with Gasteiger partial charge in [-0.2, -0.15) is 0 Å². The number of anilines is 1. The summed E-state index contributed by atoms with van der Waals surface area (Å²) in [5.74, 6) is -1.09. The number of benzene rings is 1. The van der Waals surface area contributed by atoms with E-state index in [1.807, 2.05) is 19.9 Å². The number of hydrogen-bond donors (Lipinski definition) is 2. The number of aryl methyl sites for hydroxylation is 2. The second-order valence-electron chi connectivity index (χ2n) is 3.92. The van der Waals surface area contributed by atoms with Crippen molar-refractivity contribution in [1.29, 1.82) is 0 Å². The van der Waals surface area contributed by atoms with Crippen molar-refractivity contribution in [1.82, 2.24) is 4.98 Å². The molecule has 0 aliphatic heterocycles. The molecule has 1 aromatic carbocycles. The molecule has 0 aliphatic carbocycles. The first-order chi connectivity index (χ1) is 7.91. The Balaban J connectivity index is 2.91. The average Bonchev–Trinajstić information content (AvgIpc) is 2.26. The highest BCUT2D eigenvalue weighted by atomic mass is 35.5. The predicted molar refractivity (Wildman–Crippen MR) is 67.6 cm³/mol. The SMILES string of the molecule is Cc1cc2cc(C(=O)O)c(N)c(Cl)c2nc1C. The molecule has 2 aromatic rings. The Kier molecular flexibility index (Phi) is 2.67. The van der Waals surface area contributed by atoms with Crippen LogP contribution in [0.5, 0.6) is 0 Å². The predicted octanol–water partition coefficient (Wildman–Crippen LogP) is 2.79. The zero-order valence-electron chi connectivity index (χ0n) is 9.41. The van der Waals surface area contributed by atoms with Crippen LogP contribution in [0.3, 0.4) is 0 Å². The number of aromatic carboxylic acids is 1. The van der Waals surface area contributed by atoms with Gasteiger partial charge in [-0.25, -0.2) is 4.79 Å². The van der Waals surface area contributed by atoms with E-state index in [4.69, 9.17) is 22.4 Å². The summed E-state index contributed by atoms with van der Waals surface area (Å²) in [6.45, 7) is 3.78. The number of nitrogens with two attached hydrogens (primary N) is 1. The Morgan fingerprint density at radius 2 is 2.06 bits per heavy atom. The Morgan fingerprint density at radius 3 is 2.65 bits per heavy atom. The van der Waals surface area contributed by atoms with Crippen LogP contribution in [0.2, 0.25) is 5.02 Å². The molecule has 0 fully saturated rings. The molecule has 0 spiro atoms. The number of carbonyl (C=O) groups is 1. The van der Waals surface area contributed by atoms with Crippen molar-refractivity contribution in [3.8, 4) is 0 Å². The number of halogens is 1. The van der Waals surface area contributed by atoms with Crippen LogP contribution in [0.15, 0.2) is 12.1 Å². The molecular formula is C12H11ClN2O2. The van der Waals surface area contributed by atoms with Crippen LogP contribution in [0.25, 0.3) is 10.9 Å². The summed E-state index contributed by atoms with van der Waals surface area (Å²) in [7, 11) is 0. The second kappa shape index (κ2) is 3.89. The van der Waals surface area contributed by atoms with Crippen LogP contribution in [0.1, 0.15) is 21.6 Å². The molecule has 2 rings (SSSR count). The van der Waals surface area contributed by atoms with Gasteiger partial charge in [0, 0.05) is 11.1 Å². The number of carboxylic acids is 1. The van der Waals surface area contributed by atoms with Gasteiger partial charge < -0.3 is 10.8 Å². The van der Waals surface area contributed by atoms with Crippen molar-refractivity contribution in [2.24, 2.45) is 0 Å². The van der Waals surface area contributed by atoms with Crippen molar-refractivity contribution in [2.75, 3.05) is 5.73 Å². The summed E-state index contributed by atoms with van der Waals surface area (Å²) < 4.78 is 0. The minimum Gasteiger partial charge on any atom is -0.478 e. The quantitative estimate of drug-likeness (QED) is 0.763. The molecule has 3 N–H and O–H groups in total. The maximum Gasteiger partial charge on any atom is 0.337 e. The Bertz CT molecular complexity index is 638. The molecule has 0 radical (unpaired) electrons. The minimum absolute atomic E-state index is 0.00699. The fourth-order valence-electron chi connectivity index (χ4n) is 1.67. The number of nitrogens with zero attached hydrogens (tertiary/aromatic N) is 1. The van der Waals surface area contributed by atoms with Gasteiger partial charge >= 0.3 is 5.97 Å². The van der Waals surface area contributed by atoms with E-state index in [0.29, 0.717) is 10.9 Å². The minimum atomic E-state index is -1.09. The number of carboxylic acid groups (broad SMARTS) is 1. The third-order valence-corrected chi connectivity index (χ3v) is 3.14. The smallest absolute Gasteiger partial charge is 0.337 e. The van der Waals surface area contributed by atoms with Gasteiger partial charge in [0.1, 0.15) is 0 Å².